The fourth-order valence-corrected chi connectivity index (χ4v) is 13.2. The second-order valence-corrected chi connectivity index (χ2v) is 20.3. The van der Waals surface area contributed by atoms with E-state index in [0.717, 1.165) is 17.1 Å². The molecule has 0 atom stereocenters. The smallest absolute Gasteiger partial charge is 0.0726 e. The van der Waals surface area contributed by atoms with E-state index in [9.17, 15) is 0 Å². The van der Waals surface area contributed by atoms with Crippen molar-refractivity contribution in [2.24, 2.45) is 0 Å². The Morgan fingerprint density at radius 3 is 1.37 bits per heavy atom. The molecule has 0 saturated heterocycles. The van der Waals surface area contributed by atoms with Crippen molar-refractivity contribution in [3.05, 3.63) is 269 Å². The van der Waals surface area contributed by atoms with Gasteiger partial charge in [-0.1, -0.05) is 216 Å². The summed E-state index contributed by atoms with van der Waals surface area (Å²) in [6, 6.07) is 85.0. The Kier molecular flexibility index (Phi) is 8.08. The van der Waals surface area contributed by atoms with Gasteiger partial charge in [-0.25, -0.2) is 0 Å². The molecule has 0 aromatic heterocycles. The molecule has 0 aliphatic heterocycles. The normalized spacial score (nSPS) is 15.1. The van der Waals surface area contributed by atoms with E-state index < -0.39 is 5.41 Å². The van der Waals surface area contributed by atoms with Crippen LogP contribution < -0.4 is 4.90 Å². The van der Waals surface area contributed by atoms with Crippen LogP contribution in [0.5, 0.6) is 0 Å². The van der Waals surface area contributed by atoms with Crippen LogP contribution in [0.15, 0.2) is 224 Å². The summed E-state index contributed by atoms with van der Waals surface area (Å²) >= 11 is 0. The van der Waals surface area contributed by atoms with Crippen LogP contribution in [0.1, 0.15) is 72.2 Å². The molecule has 1 heteroatoms. The van der Waals surface area contributed by atoms with Gasteiger partial charge in [0.15, 0.2) is 0 Å². The SMILES string of the molecule is CC1(C)c2ccccc2-c2cc(-c3cccc(N(c4ccc5c(c4)C4(c6ccccc6-c6ccccc64)c4ccccc4-5)c4ccccc4-c4cccc5c4-c4ccccc4C5(C)C)c3)ccc21. The van der Waals surface area contributed by atoms with E-state index in [4.69, 9.17) is 0 Å². The second-order valence-electron chi connectivity index (χ2n) is 20.3. The van der Waals surface area contributed by atoms with Gasteiger partial charge in [0.1, 0.15) is 0 Å². The van der Waals surface area contributed by atoms with Gasteiger partial charge in [0.05, 0.1) is 11.1 Å². The molecule has 0 saturated carbocycles. The number of para-hydroxylation sites is 1. The Hall–Kier alpha value is -8.00. The molecule has 0 N–H and O–H groups in total. The molecule has 1 spiro atoms. The first-order chi connectivity index (χ1) is 33.3. The number of rotatable bonds is 5. The standard InChI is InChI=1S/C67H49N/c1-65(2)55-28-11-5-24-49(55)54-40-43(35-38-57(54)65)42-19-17-20-44(39-42)68(63-34-16-10-25-51(63)52-27-18-33-61-64(52)53-26-9-12-29-56(53)66(61,3)4)45-36-37-50-48-23-8-15-32-60(48)67(62(50)41-45)58-30-13-6-21-46(58)47-22-7-14-31-59(47)67/h5-41H,1-4H3. The molecular formula is C67H49N. The lowest BCUT2D eigenvalue weighted by molar-refractivity contribution is 0.660. The molecule has 10 aromatic rings. The lowest BCUT2D eigenvalue weighted by Gasteiger charge is -2.33. The quantitative estimate of drug-likeness (QED) is 0.167. The molecular weight excluding hydrogens is 819 g/mol. The minimum absolute atomic E-state index is 0.0505. The molecule has 10 aromatic carbocycles. The maximum Gasteiger partial charge on any atom is 0.0726 e. The van der Waals surface area contributed by atoms with Crippen LogP contribution in [0.3, 0.4) is 0 Å². The summed E-state index contributed by atoms with van der Waals surface area (Å²) in [7, 11) is 0. The Balaban J connectivity index is 1.02. The second kappa shape index (κ2) is 14.0. The van der Waals surface area contributed by atoms with Crippen molar-refractivity contribution in [1.82, 2.24) is 0 Å². The maximum atomic E-state index is 2.54. The monoisotopic (exact) mass is 867 g/mol. The molecule has 0 heterocycles. The van der Waals surface area contributed by atoms with E-state index in [1.54, 1.807) is 0 Å². The van der Waals surface area contributed by atoms with Crippen LogP contribution in [-0.2, 0) is 16.2 Å². The largest absolute Gasteiger partial charge is 0.310 e. The molecule has 0 bridgehead atoms. The number of hydrogen-bond acceptors (Lipinski definition) is 1. The van der Waals surface area contributed by atoms with Crippen molar-refractivity contribution >= 4 is 17.1 Å². The number of fused-ring (bicyclic) bond motifs is 16. The molecule has 4 aliphatic carbocycles. The summed E-state index contributed by atoms with van der Waals surface area (Å²) < 4.78 is 0. The van der Waals surface area contributed by atoms with E-state index in [0.29, 0.717) is 0 Å². The molecule has 68 heavy (non-hydrogen) atoms. The first kappa shape index (κ1) is 39.2. The van der Waals surface area contributed by atoms with Crippen LogP contribution in [0.25, 0.3) is 66.8 Å². The third-order valence-corrected chi connectivity index (χ3v) is 16.3. The molecule has 4 aliphatic rings. The Morgan fingerprint density at radius 2 is 0.706 bits per heavy atom. The van der Waals surface area contributed by atoms with Gasteiger partial charge in [0.25, 0.3) is 0 Å². The van der Waals surface area contributed by atoms with Gasteiger partial charge in [-0.05, 0) is 142 Å². The number of hydrogen-bond donors (Lipinski definition) is 0. The van der Waals surface area contributed by atoms with Crippen molar-refractivity contribution in [3.8, 4) is 66.8 Å². The van der Waals surface area contributed by atoms with Crippen LogP contribution in [-0.4, -0.2) is 0 Å². The lowest BCUT2D eigenvalue weighted by Crippen LogP contribution is -2.26. The minimum Gasteiger partial charge on any atom is -0.310 e. The number of anilines is 3. The highest BCUT2D eigenvalue weighted by atomic mass is 15.1. The van der Waals surface area contributed by atoms with E-state index in [1.807, 2.05) is 0 Å². The van der Waals surface area contributed by atoms with E-state index in [2.05, 4.69) is 257 Å². The summed E-state index contributed by atoms with van der Waals surface area (Å²) in [6.07, 6.45) is 0. The van der Waals surface area contributed by atoms with Crippen LogP contribution in [0, 0.1) is 0 Å². The third-order valence-electron chi connectivity index (χ3n) is 16.3. The maximum absolute atomic E-state index is 2.54. The lowest BCUT2D eigenvalue weighted by atomic mass is 9.70. The highest BCUT2D eigenvalue weighted by Gasteiger charge is 2.52. The van der Waals surface area contributed by atoms with E-state index >= 15 is 0 Å². The topological polar surface area (TPSA) is 3.24 Å². The highest BCUT2D eigenvalue weighted by Crippen LogP contribution is 2.64. The summed E-state index contributed by atoms with van der Waals surface area (Å²) in [5.41, 5.74) is 29.0. The zero-order chi connectivity index (χ0) is 45.5. The van der Waals surface area contributed by atoms with Crippen molar-refractivity contribution in [2.45, 2.75) is 43.9 Å². The fraction of sp³-hybridized carbons (Fsp3) is 0.104. The van der Waals surface area contributed by atoms with Gasteiger partial charge in [-0.2, -0.15) is 0 Å². The minimum atomic E-state index is -0.466. The van der Waals surface area contributed by atoms with Gasteiger partial charge in [0.2, 0.25) is 0 Å². The third kappa shape index (κ3) is 5.11. The van der Waals surface area contributed by atoms with Crippen molar-refractivity contribution in [3.63, 3.8) is 0 Å². The molecule has 0 radical (unpaired) electrons. The molecule has 1 nitrogen and oxygen atoms in total. The zero-order valence-corrected chi connectivity index (χ0v) is 38.8. The Morgan fingerprint density at radius 1 is 0.265 bits per heavy atom. The fourth-order valence-electron chi connectivity index (χ4n) is 13.2. The predicted molar refractivity (Wildman–Crippen MR) is 283 cm³/mol. The number of benzene rings is 10. The molecule has 0 amide bonds. The molecule has 14 rings (SSSR count). The average molecular weight is 868 g/mol. The first-order valence-electron chi connectivity index (χ1n) is 24.2. The molecule has 0 unspecified atom stereocenters. The molecule has 322 valence electrons. The summed E-state index contributed by atoms with van der Waals surface area (Å²) in [5, 5.41) is 0. The molecule has 0 fully saturated rings. The Labute approximate surface area is 399 Å². The first-order valence-corrected chi connectivity index (χ1v) is 24.2. The summed E-state index contributed by atoms with van der Waals surface area (Å²) in [6.45, 7) is 9.47. The van der Waals surface area contributed by atoms with E-state index in [1.165, 1.54) is 111 Å². The average Bonchev–Trinajstić information content (AvgIpc) is 4.02. The van der Waals surface area contributed by atoms with Crippen molar-refractivity contribution < 1.29 is 0 Å². The van der Waals surface area contributed by atoms with Crippen LogP contribution >= 0.6 is 0 Å². The number of nitrogens with zero attached hydrogens (tertiary/aromatic N) is 1. The summed E-state index contributed by atoms with van der Waals surface area (Å²) in [4.78, 5) is 2.54. The van der Waals surface area contributed by atoms with Crippen LogP contribution in [0.2, 0.25) is 0 Å². The highest BCUT2D eigenvalue weighted by molar-refractivity contribution is 6.00. The van der Waals surface area contributed by atoms with Crippen LogP contribution in [0.4, 0.5) is 17.1 Å². The van der Waals surface area contributed by atoms with Gasteiger partial charge in [-0.3, -0.25) is 0 Å². The Bertz CT molecular complexity index is 3700. The van der Waals surface area contributed by atoms with Gasteiger partial charge >= 0.3 is 0 Å². The predicted octanol–water partition coefficient (Wildman–Crippen LogP) is 17.4. The summed E-state index contributed by atoms with van der Waals surface area (Å²) in [5.74, 6) is 0. The van der Waals surface area contributed by atoms with Gasteiger partial charge in [0, 0.05) is 27.8 Å². The van der Waals surface area contributed by atoms with Gasteiger partial charge in [-0.15, -0.1) is 0 Å². The van der Waals surface area contributed by atoms with E-state index in [-0.39, 0.29) is 10.8 Å². The zero-order valence-electron chi connectivity index (χ0n) is 38.8. The van der Waals surface area contributed by atoms with Gasteiger partial charge < -0.3 is 4.90 Å². The van der Waals surface area contributed by atoms with Crippen molar-refractivity contribution in [2.75, 3.05) is 4.90 Å². The van der Waals surface area contributed by atoms with Crippen molar-refractivity contribution in [1.29, 1.82) is 0 Å².